The second-order valence-corrected chi connectivity index (χ2v) is 4.84. The van der Waals surface area contributed by atoms with Gasteiger partial charge in [0.05, 0.1) is 0 Å². The molecule has 0 aliphatic heterocycles. The van der Waals surface area contributed by atoms with Gasteiger partial charge in [-0.1, -0.05) is 43.2 Å². The normalized spacial score (nSPS) is 13.1. The molecule has 0 saturated heterocycles. The average Bonchev–Trinajstić information content (AvgIpc) is 2.28. The summed E-state index contributed by atoms with van der Waals surface area (Å²) in [6.45, 7) is 12.0. The largest absolute Gasteiger partial charge is 0.324 e. The Morgan fingerprint density at radius 2 is 1.59 bits per heavy atom. The van der Waals surface area contributed by atoms with E-state index in [1.807, 2.05) is 0 Å². The highest BCUT2D eigenvalue weighted by molar-refractivity contribution is 5.30. The van der Waals surface area contributed by atoms with Crippen molar-refractivity contribution in [3.8, 4) is 0 Å². The molecule has 1 aromatic carbocycles. The lowest BCUT2D eigenvalue weighted by molar-refractivity contribution is 0.291. The van der Waals surface area contributed by atoms with E-state index in [1.54, 1.807) is 0 Å². The lowest BCUT2D eigenvalue weighted by Crippen LogP contribution is -2.27. The van der Waals surface area contributed by atoms with Crippen molar-refractivity contribution < 1.29 is 0 Å². The van der Waals surface area contributed by atoms with E-state index in [0.717, 1.165) is 26.1 Å². The maximum Gasteiger partial charge on any atom is 0.0307 e. The monoisotopic (exact) mass is 234 g/mol. The van der Waals surface area contributed by atoms with Gasteiger partial charge in [0.1, 0.15) is 0 Å². The number of hydrogen-bond donors (Lipinski definition) is 1. The topological polar surface area (TPSA) is 29.3 Å². The lowest BCUT2D eigenvalue weighted by Gasteiger charge is -2.21. The van der Waals surface area contributed by atoms with E-state index < -0.39 is 0 Å². The van der Waals surface area contributed by atoms with E-state index in [-0.39, 0.29) is 6.04 Å². The van der Waals surface area contributed by atoms with Gasteiger partial charge in [0, 0.05) is 6.04 Å². The summed E-state index contributed by atoms with van der Waals surface area (Å²) >= 11 is 0. The zero-order valence-corrected chi connectivity index (χ0v) is 11.7. The van der Waals surface area contributed by atoms with Crippen LogP contribution in [0.1, 0.15) is 43.0 Å². The smallest absolute Gasteiger partial charge is 0.0307 e. The second kappa shape index (κ2) is 6.77. The van der Waals surface area contributed by atoms with Crippen LogP contribution < -0.4 is 5.73 Å². The lowest BCUT2D eigenvalue weighted by atomic mass is 10.00. The zero-order chi connectivity index (χ0) is 12.8. The molecule has 0 heterocycles. The Kier molecular flexibility index (Phi) is 5.66. The summed E-state index contributed by atoms with van der Waals surface area (Å²) in [6.07, 6.45) is 1.03. The number of aryl methyl sites for hydroxylation is 2. The highest BCUT2D eigenvalue weighted by Gasteiger charge is 2.08. The molecular formula is C15H26N2. The van der Waals surface area contributed by atoms with E-state index in [4.69, 9.17) is 5.73 Å². The van der Waals surface area contributed by atoms with Gasteiger partial charge in [0.25, 0.3) is 0 Å². The Labute approximate surface area is 106 Å². The average molecular weight is 234 g/mol. The molecule has 2 heteroatoms. The minimum Gasteiger partial charge on any atom is -0.324 e. The van der Waals surface area contributed by atoms with Gasteiger partial charge in [-0.15, -0.1) is 0 Å². The molecule has 17 heavy (non-hydrogen) atoms. The Hall–Kier alpha value is -0.860. The molecular weight excluding hydrogens is 208 g/mol. The molecule has 1 rings (SSSR count). The number of hydrogen-bond acceptors (Lipinski definition) is 2. The molecule has 2 N–H and O–H groups in total. The fourth-order valence-electron chi connectivity index (χ4n) is 2.25. The minimum absolute atomic E-state index is 0.161. The van der Waals surface area contributed by atoms with Crippen LogP contribution in [0, 0.1) is 13.8 Å². The van der Waals surface area contributed by atoms with Crippen LogP contribution in [0.25, 0.3) is 0 Å². The molecule has 0 radical (unpaired) electrons. The zero-order valence-electron chi connectivity index (χ0n) is 11.7. The van der Waals surface area contributed by atoms with Gasteiger partial charge < -0.3 is 10.6 Å². The molecule has 0 bridgehead atoms. The van der Waals surface area contributed by atoms with Gasteiger partial charge in [-0.3, -0.25) is 0 Å². The molecule has 96 valence electrons. The van der Waals surface area contributed by atoms with Crippen molar-refractivity contribution in [3.63, 3.8) is 0 Å². The summed E-state index contributed by atoms with van der Waals surface area (Å²) in [5, 5.41) is 0. The quantitative estimate of drug-likeness (QED) is 0.819. The van der Waals surface area contributed by atoms with Gasteiger partial charge in [-0.05, 0) is 45.5 Å². The van der Waals surface area contributed by atoms with Crippen LogP contribution in [0.3, 0.4) is 0 Å². The van der Waals surface area contributed by atoms with Crippen molar-refractivity contribution in [2.24, 2.45) is 5.73 Å². The van der Waals surface area contributed by atoms with Gasteiger partial charge in [0.2, 0.25) is 0 Å². The molecule has 2 nitrogen and oxygen atoms in total. The molecule has 0 amide bonds. The maximum atomic E-state index is 6.26. The van der Waals surface area contributed by atoms with Crippen LogP contribution in [0.5, 0.6) is 0 Å². The predicted octanol–water partition coefficient (Wildman–Crippen LogP) is 3.04. The Bertz CT molecular complexity index is 323. The van der Waals surface area contributed by atoms with Gasteiger partial charge in [-0.2, -0.15) is 0 Å². The first-order chi connectivity index (χ1) is 8.06. The fraction of sp³-hybridized carbons (Fsp3) is 0.600. The highest BCUT2D eigenvalue weighted by Crippen LogP contribution is 2.18. The standard InChI is InChI=1S/C15H26N2/c1-5-17(6-2)8-7-15(16)14-10-12(3)9-13(4)11-14/h9-11,15H,5-8,16H2,1-4H3. The third-order valence-corrected chi connectivity index (χ3v) is 3.32. The molecule has 0 spiro atoms. The van der Waals surface area contributed by atoms with Crippen molar-refractivity contribution >= 4 is 0 Å². The summed E-state index contributed by atoms with van der Waals surface area (Å²) in [7, 11) is 0. The summed E-state index contributed by atoms with van der Waals surface area (Å²) < 4.78 is 0. The van der Waals surface area contributed by atoms with Crippen molar-refractivity contribution in [3.05, 3.63) is 34.9 Å². The van der Waals surface area contributed by atoms with Crippen molar-refractivity contribution in [1.82, 2.24) is 4.90 Å². The highest BCUT2D eigenvalue weighted by atomic mass is 15.1. The number of rotatable bonds is 6. The Morgan fingerprint density at radius 3 is 2.06 bits per heavy atom. The van der Waals surface area contributed by atoms with Crippen LogP contribution in [0.4, 0.5) is 0 Å². The number of benzene rings is 1. The van der Waals surface area contributed by atoms with E-state index in [2.05, 4.69) is 50.8 Å². The van der Waals surface area contributed by atoms with Gasteiger partial charge >= 0.3 is 0 Å². The Morgan fingerprint density at radius 1 is 1.06 bits per heavy atom. The first kappa shape index (κ1) is 14.2. The first-order valence-corrected chi connectivity index (χ1v) is 6.63. The molecule has 0 fully saturated rings. The molecule has 1 atom stereocenters. The molecule has 1 unspecified atom stereocenters. The van der Waals surface area contributed by atoms with Crippen molar-refractivity contribution in [1.29, 1.82) is 0 Å². The van der Waals surface area contributed by atoms with E-state index in [9.17, 15) is 0 Å². The Balaban J connectivity index is 2.60. The molecule has 0 aliphatic carbocycles. The summed E-state index contributed by atoms with van der Waals surface area (Å²) in [5.74, 6) is 0. The number of nitrogens with zero attached hydrogens (tertiary/aromatic N) is 1. The molecule has 1 aromatic rings. The summed E-state index contributed by atoms with van der Waals surface area (Å²) in [6, 6.07) is 6.77. The van der Waals surface area contributed by atoms with Gasteiger partial charge in [0.15, 0.2) is 0 Å². The number of nitrogens with two attached hydrogens (primary N) is 1. The third kappa shape index (κ3) is 4.49. The first-order valence-electron chi connectivity index (χ1n) is 6.63. The summed E-state index contributed by atoms with van der Waals surface area (Å²) in [5.41, 5.74) is 10.1. The van der Waals surface area contributed by atoms with Crippen LogP contribution in [-0.2, 0) is 0 Å². The molecule has 0 saturated carbocycles. The fourth-order valence-corrected chi connectivity index (χ4v) is 2.25. The third-order valence-electron chi connectivity index (χ3n) is 3.32. The minimum atomic E-state index is 0.161. The van der Waals surface area contributed by atoms with Crippen LogP contribution in [-0.4, -0.2) is 24.5 Å². The predicted molar refractivity (Wildman–Crippen MR) is 75.2 cm³/mol. The van der Waals surface area contributed by atoms with Crippen LogP contribution >= 0.6 is 0 Å². The van der Waals surface area contributed by atoms with E-state index in [0.29, 0.717) is 0 Å². The molecule has 0 aromatic heterocycles. The SMILES string of the molecule is CCN(CC)CCC(N)c1cc(C)cc(C)c1. The molecule has 0 aliphatic rings. The van der Waals surface area contributed by atoms with Crippen molar-refractivity contribution in [2.75, 3.05) is 19.6 Å². The van der Waals surface area contributed by atoms with E-state index >= 15 is 0 Å². The summed E-state index contributed by atoms with van der Waals surface area (Å²) in [4.78, 5) is 2.42. The second-order valence-electron chi connectivity index (χ2n) is 4.84. The van der Waals surface area contributed by atoms with Crippen LogP contribution in [0.2, 0.25) is 0 Å². The van der Waals surface area contributed by atoms with E-state index in [1.165, 1.54) is 16.7 Å². The van der Waals surface area contributed by atoms with Gasteiger partial charge in [-0.25, -0.2) is 0 Å². The maximum absolute atomic E-state index is 6.26. The van der Waals surface area contributed by atoms with Crippen LogP contribution in [0.15, 0.2) is 18.2 Å². The van der Waals surface area contributed by atoms with Crippen molar-refractivity contribution in [2.45, 2.75) is 40.2 Å².